The molecule has 0 rings (SSSR count). The van der Waals surface area contributed by atoms with Gasteiger partial charge in [-0.15, -0.1) is 0 Å². The lowest BCUT2D eigenvalue weighted by atomic mass is 10.3. The third kappa shape index (κ3) is 24.9. The van der Waals surface area contributed by atoms with E-state index in [2.05, 4.69) is 38.3 Å². The van der Waals surface area contributed by atoms with Gasteiger partial charge >= 0.3 is 0 Å². The largest absolute Gasteiger partial charge is 0.317 e. The fourth-order valence-electron chi connectivity index (χ4n) is 1.46. The first-order valence-corrected chi connectivity index (χ1v) is 8.24. The highest BCUT2D eigenvalue weighted by Gasteiger charge is 1.84. The summed E-state index contributed by atoms with van der Waals surface area (Å²) in [6.45, 7) is 13.7. The van der Waals surface area contributed by atoms with Gasteiger partial charge in [-0.3, -0.25) is 0 Å². The Labute approximate surface area is 116 Å². The van der Waals surface area contributed by atoms with Crippen LogP contribution in [0.1, 0.15) is 79.1 Å². The minimum atomic E-state index is 1.20. The summed E-state index contributed by atoms with van der Waals surface area (Å²) >= 11 is 0. The maximum Gasteiger partial charge on any atom is -0.00490 e. The number of nitrogens with one attached hydrogen (secondary N) is 2. The highest BCUT2D eigenvalue weighted by Crippen LogP contribution is 1.86. The molecule has 0 unspecified atom stereocenters. The van der Waals surface area contributed by atoms with Crippen LogP contribution in [0.4, 0.5) is 0 Å². The van der Waals surface area contributed by atoms with Gasteiger partial charge in [-0.1, -0.05) is 53.4 Å². The molecule has 0 fully saturated rings. The van der Waals surface area contributed by atoms with E-state index in [1.54, 1.807) is 0 Å². The predicted octanol–water partition coefficient (Wildman–Crippen LogP) is 4.35. The molecule has 0 amide bonds. The van der Waals surface area contributed by atoms with E-state index in [0.717, 1.165) is 0 Å². The summed E-state index contributed by atoms with van der Waals surface area (Å²) in [5, 5.41) is 6.77. The van der Waals surface area contributed by atoms with Crippen molar-refractivity contribution < 1.29 is 0 Å². The Morgan fingerprint density at radius 3 is 0.833 bits per heavy atom. The average Bonchev–Trinajstić information content (AvgIpc) is 2.39. The molecular weight excluding hydrogens is 220 g/mol. The van der Waals surface area contributed by atoms with Crippen molar-refractivity contribution in [3.05, 3.63) is 0 Å². The highest BCUT2D eigenvalue weighted by atomic mass is 14.8. The molecule has 0 saturated heterocycles. The molecule has 0 aliphatic heterocycles. The normalized spacial score (nSPS) is 10.0. The summed E-state index contributed by atoms with van der Waals surface area (Å²) in [5.74, 6) is 0. The molecule has 0 aromatic rings. The van der Waals surface area contributed by atoms with E-state index in [0.29, 0.717) is 0 Å². The number of hydrogen-bond donors (Lipinski definition) is 2. The third-order valence-electron chi connectivity index (χ3n) is 2.83. The molecular formula is C16H38N2. The molecule has 2 N–H and O–H groups in total. The van der Waals surface area contributed by atoms with Gasteiger partial charge in [0.2, 0.25) is 0 Å². The van der Waals surface area contributed by atoms with Crippen molar-refractivity contribution in [3.63, 3.8) is 0 Å². The van der Waals surface area contributed by atoms with Gasteiger partial charge in [0.25, 0.3) is 0 Å². The zero-order valence-corrected chi connectivity index (χ0v) is 13.5. The van der Waals surface area contributed by atoms with Crippen molar-refractivity contribution in [1.82, 2.24) is 10.6 Å². The predicted molar refractivity (Wildman–Crippen MR) is 85.4 cm³/mol. The van der Waals surface area contributed by atoms with Crippen LogP contribution in [0.5, 0.6) is 0 Å². The van der Waals surface area contributed by atoms with Gasteiger partial charge in [-0.2, -0.15) is 0 Å². The smallest absolute Gasteiger partial charge is 0.00490 e. The summed E-state index contributed by atoms with van der Waals surface area (Å²) in [7, 11) is 0. The van der Waals surface area contributed by atoms with Gasteiger partial charge in [0, 0.05) is 0 Å². The van der Waals surface area contributed by atoms with E-state index in [-0.39, 0.29) is 0 Å². The lowest BCUT2D eigenvalue weighted by molar-refractivity contribution is 0.611. The lowest BCUT2D eigenvalue weighted by Gasteiger charge is -1.99. The fourth-order valence-corrected chi connectivity index (χ4v) is 1.46. The summed E-state index contributed by atoms with van der Waals surface area (Å²) in [6, 6.07) is 0. The molecule has 0 aromatic carbocycles. The molecule has 0 saturated carbocycles. The zero-order valence-electron chi connectivity index (χ0n) is 13.5. The Morgan fingerprint density at radius 2 is 0.667 bits per heavy atom. The molecule has 0 atom stereocenters. The maximum atomic E-state index is 3.39. The van der Waals surface area contributed by atoms with Crippen molar-refractivity contribution in [2.75, 3.05) is 26.2 Å². The SMILES string of the molecule is CCCCNCCCC.CCCCNCCCC. The minimum absolute atomic E-state index is 1.20. The van der Waals surface area contributed by atoms with E-state index in [4.69, 9.17) is 0 Å². The zero-order chi connectivity index (χ0) is 13.9. The quantitative estimate of drug-likeness (QED) is 0.508. The van der Waals surface area contributed by atoms with Crippen molar-refractivity contribution in [2.45, 2.75) is 79.1 Å². The van der Waals surface area contributed by atoms with Crippen LogP contribution in [0, 0.1) is 0 Å². The van der Waals surface area contributed by atoms with Crippen LogP contribution >= 0.6 is 0 Å². The molecule has 0 radical (unpaired) electrons. The third-order valence-corrected chi connectivity index (χ3v) is 2.83. The molecule has 0 aromatic heterocycles. The maximum absolute atomic E-state index is 3.39. The van der Waals surface area contributed by atoms with Crippen LogP contribution in [-0.2, 0) is 0 Å². The molecule has 0 aliphatic carbocycles. The topological polar surface area (TPSA) is 24.1 Å². The first-order valence-electron chi connectivity index (χ1n) is 8.24. The number of unbranched alkanes of at least 4 members (excludes halogenated alkanes) is 4. The molecule has 2 heteroatoms. The Balaban J connectivity index is 0. The van der Waals surface area contributed by atoms with Gasteiger partial charge in [0.1, 0.15) is 0 Å². The van der Waals surface area contributed by atoms with Crippen LogP contribution in [0.2, 0.25) is 0 Å². The van der Waals surface area contributed by atoms with Gasteiger partial charge in [0.15, 0.2) is 0 Å². The Morgan fingerprint density at radius 1 is 0.444 bits per heavy atom. The van der Waals surface area contributed by atoms with Crippen LogP contribution < -0.4 is 10.6 Å². The van der Waals surface area contributed by atoms with Gasteiger partial charge in [0.05, 0.1) is 0 Å². The fraction of sp³-hybridized carbons (Fsp3) is 1.00. The monoisotopic (exact) mass is 258 g/mol. The van der Waals surface area contributed by atoms with E-state index in [9.17, 15) is 0 Å². The first-order chi connectivity index (χ1) is 8.83. The molecule has 0 spiro atoms. The van der Waals surface area contributed by atoms with Crippen molar-refractivity contribution in [3.8, 4) is 0 Å². The van der Waals surface area contributed by atoms with Gasteiger partial charge < -0.3 is 10.6 Å². The van der Waals surface area contributed by atoms with Gasteiger partial charge in [-0.25, -0.2) is 0 Å². The van der Waals surface area contributed by atoms with E-state index >= 15 is 0 Å². The average molecular weight is 258 g/mol. The molecule has 0 heterocycles. The van der Waals surface area contributed by atoms with Gasteiger partial charge in [-0.05, 0) is 51.9 Å². The number of rotatable bonds is 12. The van der Waals surface area contributed by atoms with Crippen molar-refractivity contribution in [1.29, 1.82) is 0 Å². The highest BCUT2D eigenvalue weighted by molar-refractivity contribution is 4.46. The van der Waals surface area contributed by atoms with Crippen LogP contribution in [0.3, 0.4) is 0 Å². The Bertz CT molecular complexity index is 89.7. The molecule has 0 bridgehead atoms. The molecule has 112 valence electrons. The molecule has 2 nitrogen and oxygen atoms in total. The summed E-state index contributed by atoms with van der Waals surface area (Å²) in [5.41, 5.74) is 0. The second kappa shape index (κ2) is 22.1. The van der Waals surface area contributed by atoms with E-state index in [1.165, 1.54) is 77.5 Å². The van der Waals surface area contributed by atoms with Crippen molar-refractivity contribution >= 4 is 0 Å². The second-order valence-electron chi connectivity index (χ2n) is 4.91. The van der Waals surface area contributed by atoms with Crippen LogP contribution in [-0.4, -0.2) is 26.2 Å². The summed E-state index contributed by atoms with van der Waals surface area (Å²) in [6.07, 6.45) is 10.5. The minimum Gasteiger partial charge on any atom is -0.317 e. The Hall–Kier alpha value is -0.0800. The summed E-state index contributed by atoms with van der Waals surface area (Å²) < 4.78 is 0. The second-order valence-corrected chi connectivity index (χ2v) is 4.91. The molecule has 18 heavy (non-hydrogen) atoms. The Kier molecular flexibility index (Phi) is 24.9. The van der Waals surface area contributed by atoms with Crippen molar-refractivity contribution in [2.24, 2.45) is 0 Å². The standard InChI is InChI=1S/2C8H19N/c2*1-3-5-7-9-8-6-4-2/h2*9H,3-8H2,1-2H3. The molecule has 0 aliphatic rings. The van der Waals surface area contributed by atoms with E-state index < -0.39 is 0 Å². The number of hydrogen-bond acceptors (Lipinski definition) is 2. The summed E-state index contributed by atoms with van der Waals surface area (Å²) in [4.78, 5) is 0. The van der Waals surface area contributed by atoms with Crippen LogP contribution in [0.15, 0.2) is 0 Å². The first kappa shape index (κ1) is 20.2. The lowest BCUT2D eigenvalue weighted by Crippen LogP contribution is -2.15. The van der Waals surface area contributed by atoms with E-state index in [1.807, 2.05) is 0 Å². The van der Waals surface area contributed by atoms with Crippen LogP contribution in [0.25, 0.3) is 0 Å².